The molecule has 0 amide bonds. The molecule has 2 atom stereocenters. The maximum atomic E-state index is 12.2. The molecular formula is C15H17ClO. The molecule has 0 N–H and O–H groups in total. The molecule has 0 aromatic heterocycles. The Morgan fingerprint density at radius 1 is 1.29 bits per heavy atom. The van der Waals surface area contributed by atoms with E-state index >= 15 is 0 Å². The van der Waals surface area contributed by atoms with Crippen LogP contribution in [0.3, 0.4) is 0 Å². The molecule has 1 aromatic rings. The topological polar surface area (TPSA) is 17.1 Å². The Morgan fingerprint density at radius 3 is 2.65 bits per heavy atom. The normalized spacial score (nSPS) is 30.1. The summed E-state index contributed by atoms with van der Waals surface area (Å²) in [4.78, 5) is 12.2. The third kappa shape index (κ3) is 2.26. The Balaban J connectivity index is 1.67. The number of ketones is 1. The third-order valence-electron chi connectivity index (χ3n) is 4.27. The van der Waals surface area contributed by atoms with Crippen molar-refractivity contribution in [2.75, 3.05) is 0 Å². The van der Waals surface area contributed by atoms with Crippen LogP contribution in [0.5, 0.6) is 0 Å². The second-order valence-electron chi connectivity index (χ2n) is 5.66. The van der Waals surface area contributed by atoms with Gasteiger partial charge < -0.3 is 0 Å². The fourth-order valence-corrected chi connectivity index (χ4v) is 3.41. The number of halogens is 1. The first-order valence-corrected chi connectivity index (χ1v) is 6.79. The van der Waals surface area contributed by atoms with Crippen molar-refractivity contribution in [3.63, 3.8) is 0 Å². The number of hydrogen-bond donors (Lipinski definition) is 0. The Bertz CT molecular complexity index is 456. The average Bonchev–Trinajstić information content (AvgIpc) is 2.89. The smallest absolute Gasteiger partial charge is 0.140 e. The molecule has 0 bridgehead atoms. The molecule has 1 aromatic carbocycles. The molecule has 0 radical (unpaired) electrons. The molecule has 0 saturated heterocycles. The first-order valence-electron chi connectivity index (χ1n) is 6.41. The van der Waals surface area contributed by atoms with Crippen molar-refractivity contribution in [1.29, 1.82) is 0 Å². The Morgan fingerprint density at radius 2 is 2.00 bits per heavy atom. The summed E-state index contributed by atoms with van der Waals surface area (Å²) in [7, 11) is 0. The minimum atomic E-state index is 0.316. The summed E-state index contributed by atoms with van der Waals surface area (Å²) < 4.78 is 0. The van der Waals surface area contributed by atoms with Gasteiger partial charge in [0.2, 0.25) is 0 Å². The van der Waals surface area contributed by atoms with E-state index in [1.54, 1.807) is 0 Å². The summed E-state index contributed by atoms with van der Waals surface area (Å²) >= 11 is 6.17. The SMILES string of the molecule is Cc1ccc(CC(=O)C2CC3CC3C2)c(Cl)c1. The Hall–Kier alpha value is -0.820. The molecule has 3 rings (SSSR count). The fourth-order valence-electron chi connectivity index (χ4n) is 3.11. The molecule has 0 aliphatic heterocycles. The Kier molecular flexibility index (Phi) is 2.74. The minimum absolute atomic E-state index is 0.316. The van der Waals surface area contributed by atoms with E-state index in [1.165, 1.54) is 6.42 Å². The van der Waals surface area contributed by atoms with Gasteiger partial charge in [-0.3, -0.25) is 4.79 Å². The van der Waals surface area contributed by atoms with Crippen molar-refractivity contribution >= 4 is 17.4 Å². The second-order valence-corrected chi connectivity index (χ2v) is 6.07. The molecule has 2 heteroatoms. The molecule has 90 valence electrons. The number of fused-ring (bicyclic) bond motifs is 1. The van der Waals surface area contributed by atoms with Crippen molar-refractivity contribution in [2.45, 2.75) is 32.6 Å². The van der Waals surface area contributed by atoms with Crippen LogP contribution in [0.1, 0.15) is 30.4 Å². The van der Waals surface area contributed by atoms with Crippen LogP contribution in [0.2, 0.25) is 5.02 Å². The maximum Gasteiger partial charge on any atom is 0.140 e. The molecule has 0 spiro atoms. The highest BCUT2D eigenvalue weighted by Gasteiger charge is 2.47. The fraction of sp³-hybridized carbons (Fsp3) is 0.533. The number of carbonyl (C=O) groups excluding carboxylic acids is 1. The first-order chi connectivity index (χ1) is 8.13. The van der Waals surface area contributed by atoms with Gasteiger partial charge in [-0.25, -0.2) is 0 Å². The molecule has 2 saturated carbocycles. The van der Waals surface area contributed by atoms with Crippen LogP contribution in [0.4, 0.5) is 0 Å². The van der Waals surface area contributed by atoms with Crippen LogP contribution in [0.15, 0.2) is 18.2 Å². The Labute approximate surface area is 107 Å². The van der Waals surface area contributed by atoms with E-state index < -0.39 is 0 Å². The van der Waals surface area contributed by atoms with Crippen molar-refractivity contribution in [3.05, 3.63) is 34.3 Å². The highest BCUT2D eigenvalue weighted by atomic mass is 35.5. The van der Waals surface area contributed by atoms with Crippen LogP contribution in [0, 0.1) is 24.7 Å². The molecule has 17 heavy (non-hydrogen) atoms. The molecule has 1 nitrogen and oxygen atoms in total. The van der Waals surface area contributed by atoms with Crippen molar-refractivity contribution in [3.8, 4) is 0 Å². The molecule has 2 unspecified atom stereocenters. The van der Waals surface area contributed by atoms with Crippen LogP contribution < -0.4 is 0 Å². The summed E-state index contributed by atoms with van der Waals surface area (Å²) in [6, 6.07) is 5.96. The minimum Gasteiger partial charge on any atom is -0.299 e. The second kappa shape index (κ2) is 4.13. The van der Waals surface area contributed by atoms with Crippen LogP contribution in [-0.2, 0) is 11.2 Å². The van der Waals surface area contributed by atoms with E-state index in [0.29, 0.717) is 18.1 Å². The zero-order valence-corrected chi connectivity index (χ0v) is 10.8. The molecule has 2 fully saturated rings. The van der Waals surface area contributed by atoms with E-state index in [0.717, 1.165) is 40.8 Å². The lowest BCUT2D eigenvalue weighted by Crippen LogP contribution is -2.15. The lowest BCUT2D eigenvalue weighted by Gasteiger charge is -2.11. The summed E-state index contributed by atoms with van der Waals surface area (Å²) in [5.41, 5.74) is 2.14. The largest absolute Gasteiger partial charge is 0.299 e. The molecule has 2 aliphatic rings. The third-order valence-corrected chi connectivity index (χ3v) is 4.62. The standard InChI is InChI=1S/C15H17ClO/c1-9-2-3-10(14(16)4-9)8-15(17)13-6-11-5-12(11)7-13/h2-4,11-13H,5-8H2,1H3. The van der Waals surface area contributed by atoms with Crippen molar-refractivity contribution in [1.82, 2.24) is 0 Å². The quantitative estimate of drug-likeness (QED) is 0.795. The molecular weight excluding hydrogens is 232 g/mol. The van der Waals surface area contributed by atoms with E-state index in [1.807, 2.05) is 25.1 Å². The van der Waals surface area contributed by atoms with Gasteiger partial charge in [0.1, 0.15) is 5.78 Å². The van der Waals surface area contributed by atoms with Gasteiger partial charge in [0, 0.05) is 17.4 Å². The van der Waals surface area contributed by atoms with Gasteiger partial charge >= 0.3 is 0 Å². The number of Topliss-reactive ketones (excluding diaryl/α,β-unsaturated/α-hetero) is 1. The first kappa shape index (κ1) is 11.3. The summed E-state index contributed by atoms with van der Waals surface area (Å²) in [6.07, 6.45) is 4.15. The van der Waals surface area contributed by atoms with Gasteiger partial charge in [-0.1, -0.05) is 23.7 Å². The zero-order chi connectivity index (χ0) is 12.0. The monoisotopic (exact) mass is 248 g/mol. The highest BCUT2D eigenvalue weighted by molar-refractivity contribution is 6.31. The number of hydrogen-bond acceptors (Lipinski definition) is 1. The van der Waals surface area contributed by atoms with Gasteiger partial charge in [-0.2, -0.15) is 0 Å². The van der Waals surface area contributed by atoms with Crippen molar-refractivity contribution < 1.29 is 4.79 Å². The number of benzene rings is 1. The lowest BCUT2D eigenvalue weighted by atomic mass is 9.93. The molecule has 2 aliphatic carbocycles. The lowest BCUT2D eigenvalue weighted by molar-refractivity contribution is -0.122. The summed E-state index contributed by atoms with van der Waals surface area (Å²) in [5.74, 6) is 2.45. The van der Waals surface area contributed by atoms with Crippen LogP contribution in [-0.4, -0.2) is 5.78 Å². The van der Waals surface area contributed by atoms with E-state index in [9.17, 15) is 4.79 Å². The maximum absolute atomic E-state index is 12.2. The van der Waals surface area contributed by atoms with Gasteiger partial charge in [0.25, 0.3) is 0 Å². The predicted octanol–water partition coefficient (Wildman–Crippen LogP) is 3.81. The zero-order valence-electron chi connectivity index (χ0n) is 10.1. The van der Waals surface area contributed by atoms with E-state index in [-0.39, 0.29) is 0 Å². The number of rotatable bonds is 3. The average molecular weight is 249 g/mol. The van der Waals surface area contributed by atoms with Gasteiger partial charge in [-0.05, 0) is 55.2 Å². The van der Waals surface area contributed by atoms with Gasteiger partial charge in [0.15, 0.2) is 0 Å². The highest BCUT2D eigenvalue weighted by Crippen LogP contribution is 2.54. The van der Waals surface area contributed by atoms with Gasteiger partial charge in [0.05, 0.1) is 0 Å². The summed E-state index contributed by atoms with van der Waals surface area (Å²) in [5, 5.41) is 0.738. The van der Waals surface area contributed by atoms with Crippen molar-refractivity contribution in [2.24, 2.45) is 17.8 Å². The van der Waals surface area contributed by atoms with Crippen LogP contribution in [0.25, 0.3) is 0 Å². The van der Waals surface area contributed by atoms with Crippen LogP contribution >= 0.6 is 11.6 Å². The molecule has 0 heterocycles. The summed E-state index contributed by atoms with van der Waals surface area (Å²) in [6.45, 7) is 2.02. The number of carbonyl (C=O) groups is 1. The van der Waals surface area contributed by atoms with E-state index in [2.05, 4.69) is 0 Å². The van der Waals surface area contributed by atoms with Gasteiger partial charge in [-0.15, -0.1) is 0 Å². The van der Waals surface area contributed by atoms with E-state index in [4.69, 9.17) is 11.6 Å². The number of aryl methyl sites for hydroxylation is 1. The predicted molar refractivity (Wildman–Crippen MR) is 69.2 cm³/mol.